The van der Waals surface area contributed by atoms with Gasteiger partial charge in [0.25, 0.3) is 0 Å². The summed E-state index contributed by atoms with van der Waals surface area (Å²) in [5.41, 5.74) is 2.09. The first-order valence-corrected chi connectivity index (χ1v) is 9.53. The van der Waals surface area contributed by atoms with Crippen LogP contribution >= 0.6 is 35.3 Å². The van der Waals surface area contributed by atoms with Gasteiger partial charge in [-0.1, -0.05) is 26.8 Å². The molecular formula is C18H26IN7S. The molecule has 9 heteroatoms. The lowest BCUT2D eigenvalue weighted by atomic mass is 9.93. The molecular weight excluding hydrogens is 473 g/mol. The summed E-state index contributed by atoms with van der Waals surface area (Å²) in [6.07, 6.45) is 2.83. The largest absolute Gasteiger partial charge is 0.356 e. The molecule has 0 radical (unpaired) electrons. The summed E-state index contributed by atoms with van der Waals surface area (Å²) < 4.78 is 1.96. The van der Waals surface area contributed by atoms with Gasteiger partial charge < -0.3 is 10.6 Å². The van der Waals surface area contributed by atoms with Crippen LogP contribution in [0.15, 0.2) is 34.8 Å². The Bertz CT molecular complexity index is 894. The maximum Gasteiger partial charge on any atom is 0.191 e. The van der Waals surface area contributed by atoms with Crippen molar-refractivity contribution in [2.24, 2.45) is 4.99 Å². The molecule has 146 valence electrons. The van der Waals surface area contributed by atoms with E-state index in [1.54, 1.807) is 18.4 Å². The molecule has 0 aliphatic heterocycles. The van der Waals surface area contributed by atoms with Crippen LogP contribution in [0.5, 0.6) is 0 Å². The number of nitrogens with zero attached hydrogens (tertiary/aromatic N) is 5. The molecule has 0 spiro atoms. The Hall–Kier alpha value is -1.75. The summed E-state index contributed by atoms with van der Waals surface area (Å²) in [5, 5.41) is 18.3. The predicted octanol–water partition coefficient (Wildman–Crippen LogP) is 3.01. The highest BCUT2D eigenvalue weighted by atomic mass is 127. The van der Waals surface area contributed by atoms with E-state index in [0.717, 1.165) is 41.1 Å². The van der Waals surface area contributed by atoms with E-state index < -0.39 is 0 Å². The number of pyridine rings is 1. The Morgan fingerprint density at radius 3 is 2.74 bits per heavy atom. The van der Waals surface area contributed by atoms with Crippen molar-refractivity contribution in [3.8, 4) is 0 Å². The average Bonchev–Trinajstić information content (AvgIpc) is 3.25. The molecule has 0 fully saturated rings. The van der Waals surface area contributed by atoms with E-state index in [9.17, 15) is 0 Å². The normalized spacial score (nSPS) is 12.1. The monoisotopic (exact) mass is 499 g/mol. The van der Waals surface area contributed by atoms with Crippen LogP contribution in [0, 0.1) is 0 Å². The SMILES string of the molecule is CN=C(NCCc1nc(C(C)(C)C)cs1)NCc1nnc2ccccn12.I. The van der Waals surface area contributed by atoms with E-state index in [1.165, 1.54) is 0 Å². The molecule has 3 aromatic heterocycles. The van der Waals surface area contributed by atoms with E-state index in [1.807, 2.05) is 28.8 Å². The molecule has 0 aliphatic carbocycles. The number of halogens is 1. The fraction of sp³-hybridized carbons (Fsp3) is 0.444. The van der Waals surface area contributed by atoms with Gasteiger partial charge in [0.1, 0.15) is 0 Å². The molecule has 0 aromatic carbocycles. The molecule has 3 aromatic rings. The van der Waals surface area contributed by atoms with Crippen molar-refractivity contribution in [3.05, 3.63) is 46.3 Å². The van der Waals surface area contributed by atoms with Gasteiger partial charge in [-0.2, -0.15) is 0 Å². The van der Waals surface area contributed by atoms with E-state index in [2.05, 4.69) is 52.0 Å². The van der Waals surface area contributed by atoms with Crippen LogP contribution in [0.2, 0.25) is 0 Å². The van der Waals surface area contributed by atoms with Crippen molar-refractivity contribution < 1.29 is 0 Å². The van der Waals surface area contributed by atoms with E-state index in [4.69, 9.17) is 4.98 Å². The number of thiazole rings is 1. The highest BCUT2D eigenvalue weighted by Gasteiger charge is 2.17. The second-order valence-electron chi connectivity index (χ2n) is 7.02. The van der Waals surface area contributed by atoms with Crippen molar-refractivity contribution in [1.82, 2.24) is 30.2 Å². The van der Waals surface area contributed by atoms with E-state index in [0.29, 0.717) is 6.54 Å². The molecule has 0 atom stereocenters. The molecule has 7 nitrogen and oxygen atoms in total. The van der Waals surface area contributed by atoms with Crippen molar-refractivity contribution in [2.45, 2.75) is 39.2 Å². The first-order valence-electron chi connectivity index (χ1n) is 8.65. The highest BCUT2D eigenvalue weighted by molar-refractivity contribution is 14.0. The topological polar surface area (TPSA) is 79.5 Å². The van der Waals surface area contributed by atoms with Crippen LogP contribution in [0.25, 0.3) is 5.65 Å². The minimum Gasteiger partial charge on any atom is -0.356 e. The lowest BCUT2D eigenvalue weighted by molar-refractivity contribution is 0.570. The predicted molar refractivity (Wildman–Crippen MR) is 121 cm³/mol. The summed E-state index contributed by atoms with van der Waals surface area (Å²) in [5.74, 6) is 1.59. The Morgan fingerprint density at radius 2 is 2.04 bits per heavy atom. The summed E-state index contributed by atoms with van der Waals surface area (Å²) in [6, 6.07) is 5.85. The second-order valence-corrected chi connectivity index (χ2v) is 7.97. The zero-order valence-electron chi connectivity index (χ0n) is 16.1. The van der Waals surface area contributed by atoms with E-state index >= 15 is 0 Å². The maximum absolute atomic E-state index is 4.72. The molecule has 0 saturated carbocycles. The molecule has 0 unspecified atom stereocenters. The number of nitrogens with one attached hydrogen (secondary N) is 2. The van der Waals surface area contributed by atoms with Gasteiger partial charge in [0.05, 0.1) is 17.2 Å². The van der Waals surface area contributed by atoms with Crippen molar-refractivity contribution in [3.63, 3.8) is 0 Å². The van der Waals surface area contributed by atoms with Gasteiger partial charge in [-0.15, -0.1) is 45.5 Å². The van der Waals surface area contributed by atoms with Gasteiger partial charge in [0, 0.05) is 37.0 Å². The lowest BCUT2D eigenvalue weighted by Gasteiger charge is -2.14. The van der Waals surface area contributed by atoms with Crippen LogP contribution < -0.4 is 10.6 Å². The Kier molecular flexibility index (Phi) is 7.54. The van der Waals surface area contributed by atoms with Gasteiger partial charge in [0.2, 0.25) is 0 Å². The molecule has 2 N–H and O–H groups in total. The third-order valence-corrected chi connectivity index (χ3v) is 4.88. The number of aliphatic imine (C=N–C) groups is 1. The number of aromatic nitrogens is 4. The molecule has 3 rings (SSSR count). The quantitative estimate of drug-likeness (QED) is 0.321. The van der Waals surface area contributed by atoms with Gasteiger partial charge >= 0.3 is 0 Å². The Balaban J connectivity index is 0.00000261. The smallest absolute Gasteiger partial charge is 0.191 e. The standard InChI is InChI=1S/C18H25N7S.HI/c1-18(2,3)13-12-26-16(22-13)8-9-20-17(19-4)21-11-15-24-23-14-7-5-6-10-25(14)15;/h5-7,10,12H,8-9,11H2,1-4H3,(H2,19,20,21);1H. The van der Waals surface area contributed by atoms with Crippen molar-refractivity contribution in [2.75, 3.05) is 13.6 Å². The summed E-state index contributed by atoms with van der Waals surface area (Å²) in [6.45, 7) is 7.88. The summed E-state index contributed by atoms with van der Waals surface area (Å²) in [4.78, 5) is 8.98. The first-order chi connectivity index (χ1) is 12.5. The van der Waals surface area contributed by atoms with Gasteiger partial charge in [-0.05, 0) is 12.1 Å². The molecule has 27 heavy (non-hydrogen) atoms. The molecule has 0 amide bonds. The van der Waals surface area contributed by atoms with Gasteiger partial charge in [-0.25, -0.2) is 4.98 Å². The number of hydrogen-bond acceptors (Lipinski definition) is 5. The molecule has 3 heterocycles. The van der Waals surface area contributed by atoms with Gasteiger partial charge in [0.15, 0.2) is 17.4 Å². The zero-order chi connectivity index (χ0) is 18.6. The van der Waals surface area contributed by atoms with Crippen LogP contribution in [0.4, 0.5) is 0 Å². The third kappa shape index (κ3) is 5.61. The molecule has 0 aliphatic rings. The average molecular weight is 499 g/mol. The first kappa shape index (κ1) is 21.5. The minimum absolute atomic E-state index is 0. The number of guanidine groups is 1. The third-order valence-electron chi connectivity index (χ3n) is 3.97. The molecule has 0 bridgehead atoms. The van der Waals surface area contributed by atoms with Crippen LogP contribution in [-0.2, 0) is 18.4 Å². The number of rotatable bonds is 5. The van der Waals surface area contributed by atoms with Crippen LogP contribution in [0.1, 0.15) is 37.3 Å². The Labute approximate surface area is 180 Å². The highest BCUT2D eigenvalue weighted by Crippen LogP contribution is 2.23. The van der Waals surface area contributed by atoms with Crippen molar-refractivity contribution >= 4 is 46.9 Å². The minimum atomic E-state index is 0. The summed E-state index contributed by atoms with van der Waals surface area (Å²) in [7, 11) is 1.76. The van der Waals surface area contributed by atoms with Crippen LogP contribution in [0.3, 0.4) is 0 Å². The fourth-order valence-electron chi connectivity index (χ4n) is 2.45. The fourth-order valence-corrected chi connectivity index (χ4v) is 3.48. The second kappa shape index (κ2) is 9.45. The van der Waals surface area contributed by atoms with E-state index in [-0.39, 0.29) is 29.4 Å². The molecule has 0 saturated heterocycles. The van der Waals surface area contributed by atoms with Gasteiger partial charge in [-0.3, -0.25) is 9.39 Å². The zero-order valence-corrected chi connectivity index (χ0v) is 19.2. The number of fused-ring (bicyclic) bond motifs is 1. The Morgan fingerprint density at radius 1 is 1.22 bits per heavy atom. The summed E-state index contributed by atoms with van der Waals surface area (Å²) >= 11 is 1.72. The van der Waals surface area contributed by atoms with Crippen molar-refractivity contribution in [1.29, 1.82) is 0 Å². The lowest BCUT2D eigenvalue weighted by Crippen LogP contribution is -2.38. The maximum atomic E-state index is 4.72. The number of hydrogen-bond donors (Lipinski definition) is 2. The van der Waals surface area contributed by atoms with Crippen LogP contribution in [-0.4, -0.2) is 39.1 Å².